The lowest BCUT2D eigenvalue weighted by Gasteiger charge is -2.36. The molecule has 0 radical (unpaired) electrons. The highest BCUT2D eigenvalue weighted by atomic mass is 16.3. The molecule has 0 aliphatic heterocycles. The van der Waals surface area contributed by atoms with Crippen molar-refractivity contribution in [2.75, 3.05) is 78.5 Å². The molecule has 0 aromatic carbocycles. The molecule has 0 amide bonds. The molecule has 10 heteroatoms. The van der Waals surface area contributed by atoms with Gasteiger partial charge in [0, 0.05) is 78.5 Å². The predicted octanol–water partition coefficient (Wildman–Crippen LogP) is 19.7. The monoisotopic (exact) mass is 1280 g/mol. The van der Waals surface area contributed by atoms with E-state index in [0.717, 1.165) is 90.3 Å². The van der Waals surface area contributed by atoms with Gasteiger partial charge in [-0.2, -0.15) is 0 Å². The highest BCUT2D eigenvalue weighted by molar-refractivity contribution is 4.81. The molecule has 0 aliphatic carbocycles. The first-order valence-electron chi connectivity index (χ1n) is 40.6. The van der Waals surface area contributed by atoms with Gasteiger partial charge in [0.25, 0.3) is 0 Å². The second kappa shape index (κ2) is 65.9. The van der Waals surface area contributed by atoms with Crippen molar-refractivity contribution in [3.63, 3.8) is 0 Å². The van der Waals surface area contributed by atoms with Gasteiger partial charge in [0.1, 0.15) is 0 Å². The molecular weight excluding hydrogens is 1110 g/mol. The molecule has 0 aliphatic rings. The first-order valence-corrected chi connectivity index (χ1v) is 40.6. The van der Waals surface area contributed by atoms with Crippen LogP contribution in [0.2, 0.25) is 0 Å². The first-order chi connectivity index (χ1) is 43.6. The molecule has 90 heavy (non-hydrogen) atoms. The number of unbranched alkanes of at least 4 members (excludes halogenated alkanes) is 37. The Labute approximate surface area is 563 Å². The van der Waals surface area contributed by atoms with E-state index in [1.54, 1.807) is 0 Å². The van der Waals surface area contributed by atoms with Crippen molar-refractivity contribution in [2.45, 2.75) is 414 Å². The minimum Gasteiger partial charge on any atom is -0.392 e. The van der Waals surface area contributed by atoms with Crippen LogP contribution >= 0.6 is 0 Å². The van der Waals surface area contributed by atoms with Gasteiger partial charge in [0.15, 0.2) is 0 Å². The summed E-state index contributed by atoms with van der Waals surface area (Å²) < 4.78 is 0. The third-order valence-electron chi connectivity index (χ3n) is 21.0. The molecule has 0 saturated carbocycles. The summed E-state index contributed by atoms with van der Waals surface area (Å²) in [4.78, 5) is 9.59. The Morgan fingerprint density at radius 2 is 0.378 bits per heavy atom. The zero-order valence-electron chi connectivity index (χ0n) is 62.7. The van der Waals surface area contributed by atoms with Crippen LogP contribution in [0.5, 0.6) is 0 Å². The van der Waals surface area contributed by atoms with Crippen molar-refractivity contribution in [3.05, 3.63) is 0 Å². The minimum atomic E-state index is -0.486. The number of nitrogens with zero attached hydrogens (tertiary/aromatic N) is 4. The Bertz CT molecular complexity index is 1380. The maximum absolute atomic E-state index is 12.0. The van der Waals surface area contributed by atoms with Crippen LogP contribution in [-0.2, 0) is 0 Å². The van der Waals surface area contributed by atoms with Crippen LogP contribution in [0.25, 0.3) is 0 Å². The van der Waals surface area contributed by atoms with Crippen molar-refractivity contribution in [1.82, 2.24) is 19.6 Å². The fourth-order valence-electron chi connectivity index (χ4n) is 13.6. The average Bonchev–Trinajstić information content (AvgIpc) is 3.00. The molecule has 0 aromatic heterocycles. The molecule has 0 rings (SSSR count). The van der Waals surface area contributed by atoms with E-state index in [4.69, 9.17) is 0 Å². The zero-order valence-corrected chi connectivity index (χ0v) is 62.7. The molecule has 542 valence electrons. The lowest BCUT2D eigenvalue weighted by molar-refractivity contribution is 0.0161. The van der Waals surface area contributed by atoms with Crippen LogP contribution in [0.4, 0.5) is 0 Å². The summed E-state index contributed by atoms with van der Waals surface area (Å²) in [5, 5.41) is 70.9. The number of hydrogen-bond donors (Lipinski definition) is 6. The molecule has 10 atom stereocenters. The number of rotatable bonds is 73. The van der Waals surface area contributed by atoms with Gasteiger partial charge < -0.3 is 30.6 Å². The van der Waals surface area contributed by atoms with Crippen molar-refractivity contribution in [2.24, 2.45) is 23.7 Å². The summed E-state index contributed by atoms with van der Waals surface area (Å²) >= 11 is 0. The summed E-state index contributed by atoms with van der Waals surface area (Å²) in [6.45, 7) is 29.9. The SMILES string of the molecule is CCCCCCCCCCCCC(O)CN(CCN(CCN(CC(O)CC)CC(O)C(C)CCCCCCCCCC)CCN(CC(O)C(C)CCCCCCCCCC)CC(O)C(C)CCCCCCCCCC)CC(O)C(C)CCCCCCCCCC. The Kier molecular flexibility index (Phi) is 65.6. The van der Waals surface area contributed by atoms with Crippen molar-refractivity contribution in [3.8, 4) is 0 Å². The number of aliphatic hydroxyl groups is 6. The van der Waals surface area contributed by atoms with E-state index in [1.807, 2.05) is 6.92 Å². The quantitative estimate of drug-likeness (QED) is 0.0327. The summed E-state index contributed by atoms with van der Waals surface area (Å²) in [7, 11) is 0. The lowest BCUT2D eigenvalue weighted by Crippen LogP contribution is -2.49. The van der Waals surface area contributed by atoms with Crippen molar-refractivity contribution < 1.29 is 30.6 Å². The Morgan fingerprint density at radius 3 is 0.600 bits per heavy atom. The van der Waals surface area contributed by atoms with Gasteiger partial charge in [-0.15, -0.1) is 0 Å². The van der Waals surface area contributed by atoms with E-state index in [2.05, 4.69) is 81.9 Å². The minimum absolute atomic E-state index is 0.170. The van der Waals surface area contributed by atoms with Crippen molar-refractivity contribution in [1.29, 1.82) is 0 Å². The van der Waals surface area contributed by atoms with E-state index in [-0.39, 0.29) is 23.7 Å². The highest BCUT2D eigenvalue weighted by Gasteiger charge is 2.27. The van der Waals surface area contributed by atoms with Crippen LogP contribution in [-0.4, -0.2) is 165 Å². The van der Waals surface area contributed by atoms with Crippen LogP contribution in [0, 0.1) is 23.7 Å². The van der Waals surface area contributed by atoms with E-state index in [1.165, 1.54) is 231 Å². The molecule has 0 heterocycles. The molecule has 0 bridgehead atoms. The lowest BCUT2D eigenvalue weighted by atomic mass is 9.94. The highest BCUT2D eigenvalue weighted by Crippen LogP contribution is 2.23. The molecule has 10 nitrogen and oxygen atoms in total. The standard InChI is InChI=1S/C80H166N4O6/c1-11-17-22-27-32-37-38-43-48-53-58-76(86)66-83(68-78(88)72(8)55-50-45-40-34-29-24-19-13-3)63-60-81(59-62-82(65-75(85)16-6)67-77(87)71(7)54-49-44-39-33-28-23-18-12-2)61-64-84(69-79(89)73(9)56-51-46-41-35-30-25-20-14-4)70-80(90)74(10)57-52-47-42-36-31-26-21-15-5/h71-80,85-90H,11-70H2,1-10H3. The summed E-state index contributed by atoms with van der Waals surface area (Å²) in [6, 6.07) is 0. The average molecular weight is 1280 g/mol. The topological polar surface area (TPSA) is 134 Å². The van der Waals surface area contributed by atoms with E-state index >= 15 is 0 Å². The molecular formula is C80H166N4O6. The molecule has 0 aromatic rings. The van der Waals surface area contributed by atoms with Crippen LogP contribution in [0.3, 0.4) is 0 Å². The molecule has 0 fully saturated rings. The fourth-order valence-corrected chi connectivity index (χ4v) is 13.6. The summed E-state index contributed by atoms with van der Waals surface area (Å²) in [5.41, 5.74) is 0. The van der Waals surface area contributed by atoms with Crippen molar-refractivity contribution >= 4 is 0 Å². The van der Waals surface area contributed by atoms with Gasteiger partial charge >= 0.3 is 0 Å². The van der Waals surface area contributed by atoms with E-state index < -0.39 is 36.6 Å². The zero-order chi connectivity index (χ0) is 66.5. The fraction of sp³-hybridized carbons (Fsp3) is 1.00. The normalized spacial score (nSPS) is 15.7. The third kappa shape index (κ3) is 55.7. The second-order valence-corrected chi connectivity index (χ2v) is 30.0. The Balaban J connectivity index is 6.81. The van der Waals surface area contributed by atoms with Gasteiger partial charge in [0.05, 0.1) is 36.6 Å². The first kappa shape index (κ1) is 89.6. The number of hydrogen-bond acceptors (Lipinski definition) is 10. The number of aliphatic hydroxyl groups excluding tert-OH is 6. The maximum Gasteiger partial charge on any atom is 0.0692 e. The summed E-state index contributed by atoms with van der Waals surface area (Å²) in [5.74, 6) is 0.689. The predicted molar refractivity (Wildman–Crippen MR) is 394 cm³/mol. The largest absolute Gasteiger partial charge is 0.392 e. The second-order valence-electron chi connectivity index (χ2n) is 30.0. The van der Waals surface area contributed by atoms with Gasteiger partial charge in [-0.25, -0.2) is 0 Å². The van der Waals surface area contributed by atoms with Crippen LogP contribution in [0.1, 0.15) is 377 Å². The molecule has 10 unspecified atom stereocenters. The van der Waals surface area contributed by atoms with Crippen LogP contribution < -0.4 is 0 Å². The van der Waals surface area contributed by atoms with Gasteiger partial charge in [-0.1, -0.05) is 339 Å². The maximum atomic E-state index is 12.0. The van der Waals surface area contributed by atoms with E-state index in [9.17, 15) is 30.6 Å². The Hall–Kier alpha value is -0.400. The smallest absolute Gasteiger partial charge is 0.0692 e. The van der Waals surface area contributed by atoms with Gasteiger partial charge in [-0.05, 0) is 62.2 Å². The van der Waals surface area contributed by atoms with Gasteiger partial charge in [-0.3, -0.25) is 19.6 Å². The Morgan fingerprint density at radius 1 is 0.200 bits per heavy atom. The van der Waals surface area contributed by atoms with Crippen LogP contribution in [0.15, 0.2) is 0 Å². The van der Waals surface area contributed by atoms with E-state index in [0.29, 0.717) is 65.3 Å². The molecule has 6 N–H and O–H groups in total. The van der Waals surface area contributed by atoms with Gasteiger partial charge in [0.2, 0.25) is 0 Å². The summed E-state index contributed by atoms with van der Waals surface area (Å²) in [6.07, 6.45) is 56.3. The molecule has 0 saturated heterocycles. The third-order valence-corrected chi connectivity index (χ3v) is 21.0. The molecule has 0 spiro atoms.